The van der Waals surface area contributed by atoms with Gasteiger partial charge in [0.15, 0.2) is 5.78 Å². The van der Waals surface area contributed by atoms with Crippen molar-refractivity contribution >= 4 is 5.78 Å². The number of benzene rings is 4. The Hall–Kier alpha value is -3.53. The van der Waals surface area contributed by atoms with Crippen molar-refractivity contribution in [1.29, 1.82) is 0 Å². The van der Waals surface area contributed by atoms with Gasteiger partial charge in [-0.15, -0.1) is 0 Å². The van der Waals surface area contributed by atoms with Gasteiger partial charge in [0.2, 0.25) is 0 Å². The van der Waals surface area contributed by atoms with Gasteiger partial charge in [0.25, 0.3) is 0 Å². The van der Waals surface area contributed by atoms with Crippen LogP contribution in [0.3, 0.4) is 0 Å². The Morgan fingerprint density at radius 2 is 1.03 bits per heavy atom. The van der Waals surface area contributed by atoms with Crippen LogP contribution in [0, 0.1) is 0 Å². The molecule has 31 heavy (non-hydrogen) atoms. The predicted molar refractivity (Wildman–Crippen MR) is 124 cm³/mol. The van der Waals surface area contributed by atoms with E-state index in [2.05, 4.69) is 5.48 Å². The van der Waals surface area contributed by atoms with E-state index in [0.717, 1.165) is 16.7 Å². The molecule has 0 aliphatic heterocycles. The molecular weight excluding hydrogens is 382 g/mol. The van der Waals surface area contributed by atoms with Crippen LogP contribution in [0.25, 0.3) is 0 Å². The largest absolute Gasteiger partial charge is 0.294 e. The number of hydrogen-bond acceptors (Lipinski definition) is 3. The van der Waals surface area contributed by atoms with E-state index in [0.29, 0.717) is 12.0 Å². The van der Waals surface area contributed by atoms with Gasteiger partial charge in [0.05, 0.1) is 6.04 Å². The lowest BCUT2D eigenvalue weighted by Crippen LogP contribution is -2.27. The van der Waals surface area contributed by atoms with Gasteiger partial charge in [-0.05, 0) is 16.7 Å². The summed E-state index contributed by atoms with van der Waals surface area (Å²) in [6, 6.07) is 39.2. The molecule has 0 amide bonds. The minimum Gasteiger partial charge on any atom is -0.294 e. The molecule has 0 radical (unpaired) electrons. The summed E-state index contributed by atoms with van der Waals surface area (Å²) in [5.41, 5.74) is 7.01. The number of ketones is 1. The summed E-state index contributed by atoms with van der Waals surface area (Å²) >= 11 is 0. The van der Waals surface area contributed by atoms with E-state index < -0.39 is 0 Å². The van der Waals surface area contributed by atoms with E-state index >= 15 is 0 Å². The highest BCUT2D eigenvalue weighted by atomic mass is 16.7. The van der Waals surface area contributed by atoms with Crippen molar-refractivity contribution in [3.05, 3.63) is 144 Å². The number of nitrogens with one attached hydrogen (secondary N) is 1. The van der Waals surface area contributed by atoms with E-state index in [1.54, 1.807) is 0 Å². The molecule has 4 rings (SSSR count). The van der Waals surface area contributed by atoms with E-state index in [9.17, 15) is 4.79 Å². The van der Waals surface area contributed by atoms with E-state index in [1.165, 1.54) is 0 Å². The maximum Gasteiger partial charge on any atom is 0.164 e. The maximum absolute atomic E-state index is 12.9. The van der Waals surface area contributed by atoms with Crippen LogP contribution in [0.1, 0.15) is 45.6 Å². The fourth-order valence-corrected chi connectivity index (χ4v) is 3.57. The van der Waals surface area contributed by atoms with E-state index in [4.69, 9.17) is 4.84 Å². The second-order valence-electron chi connectivity index (χ2n) is 7.39. The van der Waals surface area contributed by atoms with Gasteiger partial charge in [-0.25, -0.2) is 0 Å². The van der Waals surface area contributed by atoms with Crippen LogP contribution in [-0.4, -0.2) is 5.78 Å². The summed E-state index contributed by atoms with van der Waals surface area (Å²) in [5.74, 6) is 0.0709. The Kier molecular flexibility index (Phi) is 7.01. The lowest BCUT2D eigenvalue weighted by atomic mass is 9.98. The number of hydroxylamine groups is 1. The predicted octanol–water partition coefficient (Wildman–Crippen LogP) is 6.31. The summed E-state index contributed by atoms with van der Waals surface area (Å²) in [5, 5.41) is 0. The fraction of sp³-hybridized carbons (Fsp3) is 0.107. The van der Waals surface area contributed by atoms with Crippen LogP contribution in [0.15, 0.2) is 121 Å². The van der Waals surface area contributed by atoms with Crippen molar-refractivity contribution in [3.63, 3.8) is 0 Å². The van der Waals surface area contributed by atoms with Gasteiger partial charge in [-0.2, -0.15) is 5.48 Å². The third kappa shape index (κ3) is 5.54. The quantitative estimate of drug-likeness (QED) is 0.261. The zero-order valence-electron chi connectivity index (χ0n) is 17.2. The van der Waals surface area contributed by atoms with Crippen LogP contribution in [0.4, 0.5) is 0 Å². The molecule has 1 N–H and O–H groups in total. The zero-order chi connectivity index (χ0) is 21.3. The van der Waals surface area contributed by atoms with Crippen molar-refractivity contribution < 1.29 is 9.63 Å². The van der Waals surface area contributed by atoms with E-state index in [-0.39, 0.29) is 17.9 Å². The van der Waals surface area contributed by atoms with Gasteiger partial charge in [-0.1, -0.05) is 121 Å². The molecule has 0 heterocycles. The Morgan fingerprint density at radius 3 is 1.52 bits per heavy atom. The van der Waals surface area contributed by atoms with Crippen LogP contribution < -0.4 is 5.48 Å². The second-order valence-corrected chi connectivity index (χ2v) is 7.39. The van der Waals surface area contributed by atoms with Crippen LogP contribution in [-0.2, 0) is 4.84 Å². The first-order valence-electron chi connectivity index (χ1n) is 10.5. The van der Waals surface area contributed by atoms with Crippen LogP contribution in [0.5, 0.6) is 0 Å². The molecule has 3 nitrogen and oxygen atoms in total. The average molecular weight is 408 g/mol. The van der Waals surface area contributed by atoms with Gasteiger partial charge < -0.3 is 0 Å². The lowest BCUT2D eigenvalue weighted by molar-refractivity contribution is -0.0272. The summed E-state index contributed by atoms with van der Waals surface area (Å²) in [6.07, 6.45) is 0.00470. The molecular formula is C28H25NO2. The maximum atomic E-state index is 12.9. The zero-order valence-corrected chi connectivity index (χ0v) is 17.2. The smallest absolute Gasteiger partial charge is 0.164 e. The molecule has 4 aromatic carbocycles. The van der Waals surface area contributed by atoms with Gasteiger partial charge >= 0.3 is 0 Å². The normalized spacial score (nSPS) is 11.9. The standard InChI is InChI=1S/C28H25NO2/c30-27(23-15-7-2-8-16-23)21-26(22-13-5-1-6-14-22)29-31-28(24-17-9-3-10-18-24)25-19-11-4-12-20-25/h1-20,26,28-29H,21H2/t26-/m0/s1. The van der Waals surface area contributed by atoms with E-state index in [1.807, 2.05) is 121 Å². The summed E-state index contributed by atoms with van der Waals surface area (Å²) in [6.45, 7) is 0. The third-order valence-corrected chi connectivity index (χ3v) is 5.22. The summed E-state index contributed by atoms with van der Waals surface area (Å²) in [7, 11) is 0. The minimum atomic E-state index is -0.291. The molecule has 0 bridgehead atoms. The number of hydrogen-bond donors (Lipinski definition) is 1. The monoisotopic (exact) mass is 407 g/mol. The van der Waals surface area contributed by atoms with Crippen molar-refractivity contribution in [2.75, 3.05) is 0 Å². The van der Waals surface area contributed by atoms with Crippen LogP contribution in [0.2, 0.25) is 0 Å². The van der Waals surface area contributed by atoms with Gasteiger partial charge in [0, 0.05) is 12.0 Å². The number of Topliss-reactive ketones (excluding diaryl/α,β-unsaturated/α-hetero) is 1. The molecule has 0 aliphatic rings. The average Bonchev–Trinajstić information content (AvgIpc) is 2.86. The van der Waals surface area contributed by atoms with Crippen molar-refractivity contribution in [1.82, 2.24) is 5.48 Å². The van der Waals surface area contributed by atoms with Crippen molar-refractivity contribution in [2.45, 2.75) is 18.6 Å². The Balaban J connectivity index is 1.57. The molecule has 0 saturated carbocycles. The van der Waals surface area contributed by atoms with Crippen LogP contribution >= 0.6 is 0 Å². The first-order valence-corrected chi connectivity index (χ1v) is 10.5. The molecule has 3 heteroatoms. The summed E-state index contributed by atoms with van der Waals surface area (Å²) < 4.78 is 0. The van der Waals surface area contributed by atoms with Crippen molar-refractivity contribution in [2.24, 2.45) is 0 Å². The van der Waals surface area contributed by atoms with Gasteiger partial charge in [0.1, 0.15) is 6.10 Å². The number of carbonyl (C=O) groups excluding carboxylic acids is 1. The lowest BCUT2D eigenvalue weighted by Gasteiger charge is -2.24. The second kappa shape index (κ2) is 10.5. The molecule has 0 fully saturated rings. The third-order valence-electron chi connectivity index (χ3n) is 5.22. The number of rotatable bonds is 9. The van der Waals surface area contributed by atoms with Gasteiger partial charge in [-0.3, -0.25) is 9.63 Å². The topological polar surface area (TPSA) is 38.3 Å². The molecule has 0 spiro atoms. The Bertz CT molecular complexity index is 1030. The Labute approximate surface area is 183 Å². The van der Waals surface area contributed by atoms with Crippen molar-refractivity contribution in [3.8, 4) is 0 Å². The Morgan fingerprint density at radius 1 is 0.613 bits per heavy atom. The molecule has 1 atom stereocenters. The number of carbonyl (C=O) groups is 1. The first kappa shape index (κ1) is 20.7. The molecule has 0 unspecified atom stereocenters. The SMILES string of the molecule is O=C(C[C@H](NOC(c1ccccc1)c1ccccc1)c1ccccc1)c1ccccc1. The molecule has 0 aliphatic carbocycles. The first-order chi connectivity index (χ1) is 15.3. The molecule has 4 aromatic rings. The fourth-order valence-electron chi connectivity index (χ4n) is 3.57. The highest BCUT2D eigenvalue weighted by Crippen LogP contribution is 2.27. The highest BCUT2D eigenvalue weighted by Gasteiger charge is 2.21. The summed E-state index contributed by atoms with van der Waals surface area (Å²) in [4.78, 5) is 19.2. The molecule has 0 saturated heterocycles. The highest BCUT2D eigenvalue weighted by molar-refractivity contribution is 5.96. The minimum absolute atomic E-state index is 0.0709. The molecule has 0 aromatic heterocycles. The molecule has 154 valence electrons.